The first-order chi connectivity index (χ1) is 13.9. The highest BCUT2D eigenvalue weighted by Gasteiger charge is 2.66. The summed E-state index contributed by atoms with van der Waals surface area (Å²) in [5, 5.41) is 0. The average Bonchev–Trinajstić information content (AvgIpc) is 2.87. The first-order valence-corrected chi connectivity index (χ1v) is 9.85. The predicted molar refractivity (Wildman–Crippen MR) is 110 cm³/mol. The van der Waals surface area contributed by atoms with E-state index in [-0.39, 0.29) is 18.1 Å². The Balaban J connectivity index is 1.67. The minimum atomic E-state index is -1.92. The van der Waals surface area contributed by atoms with E-state index in [2.05, 4.69) is 25.8 Å². The number of benzene rings is 1. The number of nitrogens with zero attached hydrogens (tertiary/aromatic N) is 3. The molecular weight excluding hydrogens is 418 g/mol. The fourth-order valence-corrected chi connectivity index (χ4v) is 5.47. The van der Waals surface area contributed by atoms with Gasteiger partial charge in [-0.25, -0.2) is 4.85 Å². The molecule has 0 atom stereocenters. The van der Waals surface area contributed by atoms with Gasteiger partial charge in [-0.2, -0.15) is 0 Å². The highest BCUT2D eigenvalue weighted by molar-refractivity contribution is 9.10. The summed E-state index contributed by atoms with van der Waals surface area (Å²) in [7, 11) is 0. The SMILES string of the molecule is [2H]C1([2H])c2ccncc2C(=O)N1C1C(C)(C)C(Oc2ccc([N+]#[C-])c(Br)c2)C1(C)C. The van der Waals surface area contributed by atoms with Gasteiger partial charge >= 0.3 is 0 Å². The highest BCUT2D eigenvalue weighted by Crippen LogP contribution is 2.59. The predicted octanol–water partition coefficient (Wildman–Crippen LogP) is 5.23. The van der Waals surface area contributed by atoms with Crippen molar-refractivity contribution in [1.29, 1.82) is 0 Å². The molecule has 6 heteroatoms. The van der Waals surface area contributed by atoms with Crippen LogP contribution in [0.25, 0.3) is 4.85 Å². The second kappa shape index (κ2) is 6.31. The molecule has 2 aliphatic rings. The molecule has 1 aromatic carbocycles. The number of aromatic nitrogens is 1. The molecule has 0 bridgehead atoms. The van der Waals surface area contributed by atoms with Crippen molar-refractivity contribution in [1.82, 2.24) is 9.88 Å². The van der Waals surface area contributed by atoms with Crippen LogP contribution in [-0.4, -0.2) is 27.9 Å². The molecule has 144 valence electrons. The van der Waals surface area contributed by atoms with Crippen LogP contribution in [0.15, 0.2) is 41.1 Å². The van der Waals surface area contributed by atoms with E-state index in [1.54, 1.807) is 24.3 Å². The van der Waals surface area contributed by atoms with E-state index in [1.165, 1.54) is 17.3 Å². The highest BCUT2D eigenvalue weighted by atomic mass is 79.9. The molecule has 0 radical (unpaired) electrons. The van der Waals surface area contributed by atoms with Crippen LogP contribution in [0.3, 0.4) is 0 Å². The van der Waals surface area contributed by atoms with Crippen LogP contribution < -0.4 is 4.74 Å². The first kappa shape index (κ1) is 16.6. The van der Waals surface area contributed by atoms with Crippen molar-refractivity contribution >= 4 is 27.5 Å². The lowest BCUT2D eigenvalue weighted by Gasteiger charge is -2.65. The van der Waals surface area contributed by atoms with Gasteiger partial charge in [0.25, 0.3) is 5.91 Å². The molecule has 4 rings (SSSR count). The van der Waals surface area contributed by atoms with Gasteiger partial charge < -0.3 is 9.64 Å². The number of hydrogen-bond donors (Lipinski definition) is 0. The standard InChI is InChI=1S/C22H22BrN3O2/c1-21(2)19(26-12-13-8-9-25-11-15(13)18(26)27)22(3,4)20(21)28-14-6-7-17(24-5)16(23)10-14/h6-11,19-20H,12H2,1-4H3/i12D2. The van der Waals surface area contributed by atoms with Crippen molar-refractivity contribution in [3.63, 3.8) is 0 Å². The lowest BCUT2D eigenvalue weighted by molar-refractivity contribution is -0.199. The van der Waals surface area contributed by atoms with Crippen LogP contribution in [0.4, 0.5) is 5.69 Å². The Bertz CT molecular complexity index is 1080. The number of ether oxygens (including phenoxy) is 1. The number of fused-ring (bicyclic) bond motifs is 1. The fourth-order valence-electron chi connectivity index (χ4n) is 5.02. The van der Waals surface area contributed by atoms with E-state index in [0.29, 0.717) is 27.0 Å². The summed E-state index contributed by atoms with van der Waals surface area (Å²) in [6.07, 6.45) is 2.70. The van der Waals surface area contributed by atoms with Crippen LogP contribution in [0, 0.1) is 17.4 Å². The summed E-state index contributed by atoms with van der Waals surface area (Å²) in [4.78, 5) is 22.0. The smallest absolute Gasteiger partial charge is 0.256 e. The van der Waals surface area contributed by atoms with E-state index < -0.39 is 17.3 Å². The molecule has 2 aromatic rings. The molecule has 1 aliphatic heterocycles. The van der Waals surface area contributed by atoms with Crippen LogP contribution in [0.2, 0.25) is 0 Å². The van der Waals surface area contributed by atoms with E-state index in [4.69, 9.17) is 14.1 Å². The van der Waals surface area contributed by atoms with Crippen LogP contribution in [0.1, 0.15) is 46.4 Å². The molecule has 28 heavy (non-hydrogen) atoms. The molecule has 2 heterocycles. The molecule has 0 unspecified atom stereocenters. The molecule has 1 saturated carbocycles. The second-order valence-electron chi connectivity index (χ2n) is 8.48. The summed E-state index contributed by atoms with van der Waals surface area (Å²) in [6.45, 7) is 13.3. The van der Waals surface area contributed by atoms with Gasteiger partial charge in [0.05, 0.1) is 14.9 Å². The van der Waals surface area contributed by atoms with Gasteiger partial charge in [-0.15, -0.1) is 0 Å². The number of halogens is 1. The maximum Gasteiger partial charge on any atom is 0.256 e. The van der Waals surface area contributed by atoms with Crippen LogP contribution in [-0.2, 0) is 6.50 Å². The fraction of sp³-hybridized carbons (Fsp3) is 0.409. The normalized spacial score (nSPS) is 27.1. The van der Waals surface area contributed by atoms with Gasteiger partial charge in [0.2, 0.25) is 5.69 Å². The number of pyridine rings is 1. The summed E-state index contributed by atoms with van der Waals surface area (Å²) in [6, 6.07) is 6.44. The molecular formula is C22H22BrN3O2. The lowest BCUT2D eigenvalue weighted by Crippen LogP contribution is -2.74. The van der Waals surface area contributed by atoms with Crippen molar-refractivity contribution < 1.29 is 12.3 Å². The Morgan fingerprint density at radius 1 is 1.32 bits per heavy atom. The molecule has 1 fully saturated rings. The molecule has 0 saturated heterocycles. The van der Waals surface area contributed by atoms with Crippen molar-refractivity contribution in [3.05, 3.63) is 63.7 Å². The monoisotopic (exact) mass is 441 g/mol. The quantitative estimate of drug-likeness (QED) is 0.612. The number of hydrogen-bond acceptors (Lipinski definition) is 3. The second-order valence-corrected chi connectivity index (χ2v) is 9.33. The lowest BCUT2D eigenvalue weighted by atomic mass is 9.49. The van der Waals surface area contributed by atoms with Gasteiger partial charge in [0, 0.05) is 40.2 Å². The Morgan fingerprint density at radius 2 is 2.04 bits per heavy atom. The molecule has 1 amide bonds. The van der Waals surface area contributed by atoms with Gasteiger partial charge in [0.15, 0.2) is 0 Å². The van der Waals surface area contributed by atoms with Crippen LogP contribution in [0.5, 0.6) is 5.75 Å². The summed E-state index contributed by atoms with van der Waals surface area (Å²) >= 11 is 3.40. The Labute approximate surface area is 176 Å². The van der Waals surface area contributed by atoms with Crippen molar-refractivity contribution in [2.24, 2.45) is 10.8 Å². The zero-order valence-corrected chi connectivity index (χ0v) is 17.7. The van der Waals surface area contributed by atoms with Gasteiger partial charge in [-0.05, 0) is 23.8 Å². The van der Waals surface area contributed by atoms with Gasteiger partial charge in [-0.1, -0.05) is 49.7 Å². The van der Waals surface area contributed by atoms with Crippen molar-refractivity contribution in [3.8, 4) is 5.75 Å². The third-order valence-corrected chi connectivity index (χ3v) is 6.46. The minimum Gasteiger partial charge on any atom is -0.489 e. The summed E-state index contributed by atoms with van der Waals surface area (Å²) in [5.41, 5.74) is 0.170. The molecule has 5 nitrogen and oxygen atoms in total. The largest absolute Gasteiger partial charge is 0.489 e. The first-order valence-electron chi connectivity index (χ1n) is 10.1. The molecule has 1 aliphatic carbocycles. The maximum atomic E-state index is 13.2. The molecule has 0 spiro atoms. The van der Waals surface area contributed by atoms with Crippen LogP contribution >= 0.6 is 15.9 Å². The third-order valence-electron chi connectivity index (χ3n) is 5.82. The Hall–Kier alpha value is -2.39. The van der Waals surface area contributed by atoms with Gasteiger partial charge in [0.1, 0.15) is 11.9 Å². The number of rotatable bonds is 3. The van der Waals surface area contributed by atoms with Crippen molar-refractivity contribution in [2.45, 2.75) is 46.3 Å². The van der Waals surface area contributed by atoms with E-state index >= 15 is 0 Å². The van der Waals surface area contributed by atoms with Gasteiger partial charge in [-0.3, -0.25) is 9.78 Å². The van der Waals surface area contributed by atoms with Crippen molar-refractivity contribution in [2.75, 3.05) is 0 Å². The zero-order valence-electron chi connectivity index (χ0n) is 18.2. The minimum absolute atomic E-state index is 0.258. The summed E-state index contributed by atoms with van der Waals surface area (Å²) < 4.78 is 24.4. The Morgan fingerprint density at radius 3 is 2.64 bits per heavy atom. The van der Waals surface area contributed by atoms with E-state index in [0.717, 1.165) is 0 Å². The Kier molecular flexibility index (Phi) is 3.73. The number of amides is 1. The number of carbonyl (C=O) groups excluding carboxylic acids is 1. The van der Waals surface area contributed by atoms with E-state index in [9.17, 15) is 4.79 Å². The maximum absolute atomic E-state index is 13.2. The summed E-state index contributed by atoms with van der Waals surface area (Å²) in [5.74, 6) is 0.291. The molecule has 1 aromatic heterocycles. The average molecular weight is 442 g/mol. The molecule has 0 N–H and O–H groups in total. The topological polar surface area (TPSA) is 46.8 Å². The zero-order chi connectivity index (χ0) is 22.1. The van der Waals surface area contributed by atoms with E-state index in [1.807, 2.05) is 27.7 Å². The number of carbonyl (C=O) groups is 1. The third kappa shape index (κ3) is 2.64.